The molecule has 0 spiro atoms. The monoisotopic (exact) mass is 425 g/mol. The van der Waals surface area contributed by atoms with Gasteiger partial charge in [0.25, 0.3) is 0 Å². The van der Waals surface area contributed by atoms with Gasteiger partial charge in [0, 0.05) is 25.1 Å². The van der Waals surface area contributed by atoms with Gasteiger partial charge < -0.3 is 10.1 Å². The summed E-state index contributed by atoms with van der Waals surface area (Å²) in [6.45, 7) is 5.83. The zero-order chi connectivity index (χ0) is 21.1. The average molecular weight is 426 g/mol. The number of hydrogen-bond acceptors (Lipinski definition) is 7. The zero-order valence-electron chi connectivity index (χ0n) is 16.9. The number of ether oxygens (including phenoxy) is 1. The Morgan fingerprint density at radius 2 is 1.87 bits per heavy atom. The summed E-state index contributed by atoms with van der Waals surface area (Å²) in [6.07, 6.45) is 0.807. The number of hydrogen-bond donors (Lipinski definition) is 1. The molecule has 4 rings (SSSR count). The van der Waals surface area contributed by atoms with Crippen molar-refractivity contribution in [3.63, 3.8) is 0 Å². The molecule has 2 aromatic carbocycles. The number of fused-ring (bicyclic) bond motifs is 3. The molecule has 0 amide bonds. The van der Waals surface area contributed by atoms with Gasteiger partial charge in [0.05, 0.1) is 10.4 Å². The summed E-state index contributed by atoms with van der Waals surface area (Å²) in [5.74, 6) is 0.595. The summed E-state index contributed by atoms with van der Waals surface area (Å²) in [5.41, 5.74) is 1.90. The van der Waals surface area contributed by atoms with Crippen molar-refractivity contribution in [2.75, 3.05) is 25.1 Å². The van der Waals surface area contributed by atoms with Crippen LogP contribution >= 0.6 is 0 Å². The summed E-state index contributed by atoms with van der Waals surface area (Å²) in [5, 5.41) is 12.1. The maximum Gasteiger partial charge on any atom is 0.229 e. The number of para-hydroxylation sites is 1. The second kappa shape index (κ2) is 8.37. The lowest BCUT2D eigenvalue weighted by molar-refractivity contribution is 0.147. The van der Waals surface area contributed by atoms with Gasteiger partial charge in [-0.2, -0.15) is 4.52 Å². The number of sulfone groups is 1. The van der Waals surface area contributed by atoms with Crippen molar-refractivity contribution in [3.05, 3.63) is 54.1 Å². The fourth-order valence-electron chi connectivity index (χ4n) is 3.21. The summed E-state index contributed by atoms with van der Waals surface area (Å²) in [6, 6.07) is 14.2. The summed E-state index contributed by atoms with van der Waals surface area (Å²) in [4.78, 5) is 4.76. The number of anilines is 1. The molecule has 0 atom stereocenters. The molecule has 4 aromatic rings. The molecule has 9 heteroatoms. The van der Waals surface area contributed by atoms with Crippen LogP contribution in [0.1, 0.15) is 18.9 Å². The number of aryl methyl sites for hydroxylation is 1. The lowest BCUT2D eigenvalue weighted by atomic mass is 10.2. The van der Waals surface area contributed by atoms with Crippen LogP contribution in [-0.4, -0.2) is 48.0 Å². The molecule has 0 bridgehead atoms. The Morgan fingerprint density at radius 3 is 2.63 bits per heavy atom. The summed E-state index contributed by atoms with van der Waals surface area (Å²) >= 11 is 0. The largest absolute Gasteiger partial charge is 0.382 e. The van der Waals surface area contributed by atoms with E-state index in [2.05, 4.69) is 20.6 Å². The van der Waals surface area contributed by atoms with Crippen molar-refractivity contribution < 1.29 is 13.2 Å². The van der Waals surface area contributed by atoms with E-state index in [0.717, 1.165) is 22.9 Å². The Morgan fingerprint density at radius 1 is 1.10 bits per heavy atom. The van der Waals surface area contributed by atoms with Gasteiger partial charge in [-0.3, -0.25) is 0 Å². The van der Waals surface area contributed by atoms with Crippen LogP contribution in [0.5, 0.6) is 0 Å². The van der Waals surface area contributed by atoms with Crippen LogP contribution in [0.3, 0.4) is 0 Å². The highest BCUT2D eigenvalue weighted by Crippen LogP contribution is 2.28. The summed E-state index contributed by atoms with van der Waals surface area (Å²) in [7, 11) is -3.86. The lowest BCUT2D eigenvalue weighted by Crippen LogP contribution is -2.09. The predicted molar refractivity (Wildman–Crippen MR) is 115 cm³/mol. The summed E-state index contributed by atoms with van der Waals surface area (Å²) < 4.78 is 33.3. The van der Waals surface area contributed by atoms with Crippen LogP contribution < -0.4 is 5.32 Å². The van der Waals surface area contributed by atoms with Crippen LogP contribution in [0.4, 0.5) is 5.82 Å². The maximum atomic E-state index is 13.2. The van der Waals surface area contributed by atoms with E-state index in [-0.39, 0.29) is 15.6 Å². The normalized spacial score (nSPS) is 11.9. The molecule has 0 aliphatic carbocycles. The van der Waals surface area contributed by atoms with Gasteiger partial charge in [-0.05, 0) is 44.5 Å². The van der Waals surface area contributed by atoms with Crippen molar-refractivity contribution in [3.8, 4) is 0 Å². The van der Waals surface area contributed by atoms with Crippen molar-refractivity contribution in [2.45, 2.75) is 30.2 Å². The topological polar surface area (TPSA) is 98.5 Å². The van der Waals surface area contributed by atoms with Crippen molar-refractivity contribution in [2.24, 2.45) is 0 Å². The van der Waals surface area contributed by atoms with E-state index in [0.29, 0.717) is 25.6 Å². The minimum atomic E-state index is -3.86. The number of nitrogens with one attached hydrogen (secondary N) is 1. The van der Waals surface area contributed by atoms with Gasteiger partial charge in [0.1, 0.15) is 5.82 Å². The molecular formula is C21H23N5O3S. The second-order valence-electron chi connectivity index (χ2n) is 6.90. The highest BCUT2D eigenvalue weighted by Gasteiger charge is 2.27. The number of aromatic nitrogens is 4. The van der Waals surface area contributed by atoms with E-state index in [4.69, 9.17) is 4.74 Å². The molecule has 0 fully saturated rings. The Kier molecular flexibility index (Phi) is 5.65. The molecule has 0 aliphatic heterocycles. The molecule has 8 nitrogen and oxygen atoms in total. The van der Waals surface area contributed by atoms with Crippen molar-refractivity contribution in [1.82, 2.24) is 19.8 Å². The molecule has 0 aliphatic rings. The van der Waals surface area contributed by atoms with Crippen LogP contribution in [-0.2, 0) is 14.6 Å². The van der Waals surface area contributed by atoms with Gasteiger partial charge in [-0.1, -0.05) is 35.0 Å². The molecule has 0 radical (unpaired) electrons. The first-order valence-electron chi connectivity index (χ1n) is 9.80. The Bertz CT molecular complexity index is 1280. The molecule has 0 saturated heterocycles. The highest BCUT2D eigenvalue weighted by molar-refractivity contribution is 7.91. The minimum Gasteiger partial charge on any atom is -0.382 e. The molecular weight excluding hydrogens is 402 g/mol. The first kappa shape index (κ1) is 20.2. The molecule has 2 aromatic heterocycles. The van der Waals surface area contributed by atoms with Crippen LogP contribution in [0.2, 0.25) is 0 Å². The van der Waals surface area contributed by atoms with E-state index < -0.39 is 9.84 Å². The van der Waals surface area contributed by atoms with Crippen molar-refractivity contribution in [1.29, 1.82) is 0 Å². The SMILES string of the molecule is CCOCCCNc1nc2c(S(=O)(=O)c3ccc(C)cc3)nnn2c2ccccc12. The Labute approximate surface area is 174 Å². The first-order chi connectivity index (χ1) is 14.5. The smallest absolute Gasteiger partial charge is 0.229 e. The third-order valence-electron chi connectivity index (χ3n) is 4.77. The Hall–Kier alpha value is -3.04. The highest BCUT2D eigenvalue weighted by atomic mass is 32.2. The van der Waals surface area contributed by atoms with Gasteiger partial charge in [0.15, 0.2) is 5.65 Å². The standard InChI is InChI=1S/C21H23N5O3S/c1-3-29-14-6-13-22-19-17-7-4-5-8-18(17)26-20(23-19)21(24-25-26)30(27,28)16-11-9-15(2)10-12-16/h4-5,7-12H,3,6,13-14H2,1-2H3,(H,22,23). The minimum absolute atomic E-state index is 0.158. The molecule has 1 N–H and O–H groups in total. The van der Waals surface area contributed by atoms with Gasteiger partial charge in [0.2, 0.25) is 14.9 Å². The predicted octanol–water partition coefficient (Wildman–Crippen LogP) is 3.26. The fraction of sp³-hybridized carbons (Fsp3) is 0.286. The molecule has 2 heterocycles. The van der Waals surface area contributed by atoms with E-state index in [1.165, 1.54) is 4.52 Å². The van der Waals surface area contributed by atoms with E-state index in [1.807, 2.05) is 38.1 Å². The quantitative estimate of drug-likeness (QED) is 0.433. The number of rotatable bonds is 8. The third kappa shape index (κ3) is 3.73. The van der Waals surface area contributed by atoms with Crippen molar-refractivity contribution >= 4 is 32.2 Å². The third-order valence-corrected chi connectivity index (χ3v) is 6.44. The molecule has 0 unspecified atom stereocenters. The number of benzene rings is 2. The van der Waals surface area contributed by atoms with Crippen LogP contribution in [0, 0.1) is 6.92 Å². The van der Waals surface area contributed by atoms with Gasteiger partial charge >= 0.3 is 0 Å². The molecule has 30 heavy (non-hydrogen) atoms. The molecule has 0 saturated carbocycles. The first-order valence-corrected chi connectivity index (χ1v) is 11.3. The van der Waals surface area contributed by atoms with Gasteiger partial charge in [-0.15, -0.1) is 5.10 Å². The second-order valence-corrected chi connectivity index (χ2v) is 8.77. The zero-order valence-corrected chi connectivity index (χ0v) is 17.7. The average Bonchev–Trinajstić information content (AvgIpc) is 3.19. The van der Waals surface area contributed by atoms with E-state index in [1.54, 1.807) is 24.3 Å². The van der Waals surface area contributed by atoms with E-state index >= 15 is 0 Å². The van der Waals surface area contributed by atoms with Crippen LogP contribution in [0.15, 0.2) is 58.5 Å². The Balaban J connectivity index is 1.80. The molecule has 156 valence electrons. The van der Waals surface area contributed by atoms with E-state index in [9.17, 15) is 8.42 Å². The number of nitrogens with zero attached hydrogens (tertiary/aromatic N) is 4. The lowest BCUT2D eigenvalue weighted by Gasteiger charge is -2.10. The fourth-order valence-corrected chi connectivity index (χ4v) is 4.44. The maximum absolute atomic E-state index is 13.2. The van der Waals surface area contributed by atoms with Gasteiger partial charge in [-0.25, -0.2) is 13.4 Å². The van der Waals surface area contributed by atoms with Crippen LogP contribution in [0.25, 0.3) is 16.6 Å².